The van der Waals surface area contributed by atoms with Crippen LogP contribution in [-0.2, 0) is 9.53 Å². The molecule has 0 radical (unpaired) electrons. The van der Waals surface area contributed by atoms with Gasteiger partial charge in [-0.3, -0.25) is 9.69 Å². The van der Waals surface area contributed by atoms with Gasteiger partial charge in [0, 0.05) is 26.2 Å². The summed E-state index contributed by atoms with van der Waals surface area (Å²) in [4.78, 5) is 14.5. The number of amides is 1. The van der Waals surface area contributed by atoms with Crippen molar-refractivity contribution in [3.05, 3.63) is 30.1 Å². The third-order valence-electron chi connectivity index (χ3n) is 3.55. The predicted molar refractivity (Wildman–Crippen MR) is 81.4 cm³/mol. The third-order valence-corrected chi connectivity index (χ3v) is 3.55. The number of hydrogen-bond acceptors (Lipinski definition) is 4. The van der Waals surface area contributed by atoms with Crippen molar-refractivity contribution >= 4 is 5.91 Å². The van der Waals surface area contributed by atoms with Gasteiger partial charge in [-0.15, -0.1) is 0 Å². The minimum atomic E-state index is -1.01. The molecule has 1 fully saturated rings. The molecular weight excluding hydrogens is 287 g/mol. The summed E-state index contributed by atoms with van der Waals surface area (Å²) in [6.07, 6.45) is 0. The Bertz CT molecular complexity index is 485. The fraction of sp³-hybridized carbons (Fsp3) is 0.562. The molecule has 0 bridgehead atoms. The van der Waals surface area contributed by atoms with Gasteiger partial charge in [-0.05, 0) is 38.1 Å². The zero-order valence-electron chi connectivity index (χ0n) is 13.1. The predicted octanol–water partition coefficient (Wildman–Crippen LogP) is 1.43. The van der Waals surface area contributed by atoms with Gasteiger partial charge in [0.15, 0.2) is 5.60 Å². The second-order valence-corrected chi connectivity index (χ2v) is 5.78. The van der Waals surface area contributed by atoms with E-state index in [-0.39, 0.29) is 11.7 Å². The minimum absolute atomic E-state index is 0.190. The number of carbonyl (C=O) groups is 1. The Labute approximate surface area is 130 Å². The Morgan fingerprint density at radius 1 is 1.32 bits per heavy atom. The molecule has 1 saturated heterocycles. The van der Waals surface area contributed by atoms with E-state index in [0.717, 1.165) is 32.8 Å². The zero-order valence-corrected chi connectivity index (χ0v) is 13.1. The molecule has 122 valence electrons. The number of rotatable bonds is 6. The Morgan fingerprint density at radius 2 is 1.95 bits per heavy atom. The smallest absolute Gasteiger partial charge is 0.263 e. The molecule has 0 aliphatic carbocycles. The number of carbonyl (C=O) groups excluding carboxylic acids is 1. The van der Waals surface area contributed by atoms with Gasteiger partial charge in [-0.2, -0.15) is 0 Å². The lowest BCUT2D eigenvalue weighted by molar-refractivity contribution is -0.134. The van der Waals surface area contributed by atoms with Gasteiger partial charge in [-0.1, -0.05) is 0 Å². The molecular formula is C16H23FN2O3. The van der Waals surface area contributed by atoms with Crippen molar-refractivity contribution in [1.82, 2.24) is 10.2 Å². The fourth-order valence-electron chi connectivity index (χ4n) is 2.21. The molecule has 0 saturated carbocycles. The maximum absolute atomic E-state index is 12.9. The molecule has 0 unspecified atom stereocenters. The van der Waals surface area contributed by atoms with Crippen molar-refractivity contribution in [1.29, 1.82) is 0 Å². The number of hydrogen-bond donors (Lipinski definition) is 1. The Balaban J connectivity index is 1.78. The number of ether oxygens (including phenoxy) is 2. The van der Waals surface area contributed by atoms with E-state index in [1.165, 1.54) is 24.3 Å². The molecule has 1 heterocycles. The first kappa shape index (κ1) is 16.7. The van der Waals surface area contributed by atoms with E-state index >= 15 is 0 Å². The van der Waals surface area contributed by atoms with E-state index in [1.54, 1.807) is 13.8 Å². The van der Waals surface area contributed by atoms with Crippen molar-refractivity contribution in [2.75, 3.05) is 39.4 Å². The largest absolute Gasteiger partial charge is 0.478 e. The fourth-order valence-corrected chi connectivity index (χ4v) is 2.21. The van der Waals surface area contributed by atoms with E-state index in [2.05, 4.69) is 10.2 Å². The number of halogens is 1. The molecule has 1 aliphatic heterocycles. The average molecular weight is 310 g/mol. The first-order valence-corrected chi connectivity index (χ1v) is 7.50. The van der Waals surface area contributed by atoms with Crippen LogP contribution in [0.2, 0.25) is 0 Å². The quantitative estimate of drug-likeness (QED) is 0.864. The van der Waals surface area contributed by atoms with Gasteiger partial charge in [0.25, 0.3) is 5.91 Å². The first-order valence-electron chi connectivity index (χ1n) is 7.50. The summed E-state index contributed by atoms with van der Waals surface area (Å²) in [6, 6.07) is 5.64. The molecule has 0 spiro atoms. The van der Waals surface area contributed by atoms with Crippen LogP contribution >= 0.6 is 0 Å². The molecule has 1 aromatic carbocycles. The van der Waals surface area contributed by atoms with Crippen LogP contribution in [0, 0.1) is 5.82 Å². The molecule has 1 N–H and O–H groups in total. The molecule has 5 nitrogen and oxygen atoms in total. The topological polar surface area (TPSA) is 50.8 Å². The zero-order chi connectivity index (χ0) is 16.0. The molecule has 0 aromatic heterocycles. The maximum atomic E-state index is 12.9. The second kappa shape index (κ2) is 7.56. The van der Waals surface area contributed by atoms with Gasteiger partial charge in [0.05, 0.1) is 13.2 Å². The van der Waals surface area contributed by atoms with Crippen molar-refractivity contribution < 1.29 is 18.7 Å². The molecule has 1 aliphatic rings. The standard InChI is InChI=1S/C16H23FN2O3/c1-16(2,22-14-5-3-13(17)4-6-14)15(20)18-7-8-19-9-11-21-12-10-19/h3-6H,7-12H2,1-2H3,(H,18,20). The van der Waals surface area contributed by atoms with Crippen LogP contribution in [0.25, 0.3) is 0 Å². The maximum Gasteiger partial charge on any atom is 0.263 e. The number of benzene rings is 1. The molecule has 6 heteroatoms. The highest BCUT2D eigenvalue weighted by molar-refractivity contribution is 5.84. The lowest BCUT2D eigenvalue weighted by Gasteiger charge is -2.28. The van der Waals surface area contributed by atoms with Crippen LogP contribution in [-0.4, -0.2) is 55.8 Å². The summed E-state index contributed by atoms with van der Waals surface area (Å²) in [5, 5.41) is 2.88. The monoisotopic (exact) mass is 310 g/mol. The normalized spacial score (nSPS) is 16.3. The van der Waals surface area contributed by atoms with Crippen molar-refractivity contribution in [2.24, 2.45) is 0 Å². The van der Waals surface area contributed by atoms with Gasteiger partial charge < -0.3 is 14.8 Å². The summed E-state index contributed by atoms with van der Waals surface area (Å²) in [6.45, 7) is 8.02. The summed E-state index contributed by atoms with van der Waals surface area (Å²) in [5.41, 5.74) is -1.01. The van der Waals surface area contributed by atoms with Crippen LogP contribution in [0.5, 0.6) is 5.75 Å². The Kier molecular flexibility index (Phi) is 5.74. The van der Waals surface area contributed by atoms with E-state index in [1.807, 2.05) is 0 Å². The molecule has 2 rings (SSSR count). The van der Waals surface area contributed by atoms with E-state index in [0.29, 0.717) is 12.3 Å². The van der Waals surface area contributed by atoms with E-state index in [4.69, 9.17) is 9.47 Å². The lowest BCUT2D eigenvalue weighted by atomic mass is 10.1. The Morgan fingerprint density at radius 3 is 2.59 bits per heavy atom. The van der Waals surface area contributed by atoms with Crippen molar-refractivity contribution in [3.8, 4) is 5.75 Å². The molecule has 1 amide bonds. The third kappa shape index (κ3) is 4.96. The summed E-state index contributed by atoms with van der Waals surface area (Å²) >= 11 is 0. The van der Waals surface area contributed by atoms with Crippen molar-refractivity contribution in [2.45, 2.75) is 19.4 Å². The molecule has 0 atom stereocenters. The SMILES string of the molecule is CC(C)(Oc1ccc(F)cc1)C(=O)NCCN1CCOCC1. The van der Waals surface area contributed by atoms with Gasteiger partial charge in [0.1, 0.15) is 11.6 Å². The first-order chi connectivity index (χ1) is 10.5. The van der Waals surface area contributed by atoms with Gasteiger partial charge >= 0.3 is 0 Å². The van der Waals surface area contributed by atoms with Crippen molar-refractivity contribution in [3.63, 3.8) is 0 Å². The van der Waals surface area contributed by atoms with Gasteiger partial charge in [0.2, 0.25) is 0 Å². The Hall–Kier alpha value is -1.66. The van der Waals surface area contributed by atoms with E-state index < -0.39 is 5.60 Å². The highest BCUT2D eigenvalue weighted by atomic mass is 19.1. The number of morpholine rings is 1. The second-order valence-electron chi connectivity index (χ2n) is 5.78. The van der Waals surface area contributed by atoms with Gasteiger partial charge in [-0.25, -0.2) is 4.39 Å². The van der Waals surface area contributed by atoms with Crippen LogP contribution in [0.15, 0.2) is 24.3 Å². The van der Waals surface area contributed by atoms with Crippen LogP contribution in [0.1, 0.15) is 13.8 Å². The molecule has 22 heavy (non-hydrogen) atoms. The van der Waals surface area contributed by atoms with Crippen LogP contribution < -0.4 is 10.1 Å². The highest BCUT2D eigenvalue weighted by Crippen LogP contribution is 2.18. The summed E-state index contributed by atoms with van der Waals surface area (Å²) < 4.78 is 23.8. The van der Waals surface area contributed by atoms with Crippen LogP contribution in [0.4, 0.5) is 4.39 Å². The minimum Gasteiger partial charge on any atom is -0.478 e. The van der Waals surface area contributed by atoms with E-state index in [9.17, 15) is 9.18 Å². The highest BCUT2D eigenvalue weighted by Gasteiger charge is 2.29. The average Bonchev–Trinajstić information content (AvgIpc) is 2.50. The summed E-state index contributed by atoms with van der Waals surface area (Å²) in [7, 11) is 0. The molecule has 1 aromatic rings. The number of nitrogens with one attached hydrogen (secondary N) is 1. The summed E-state index contributed by atoms with van der Waals surface area (Å²) in [5.74, 6) is -0.0556. The lowest BCUT2D eigenvalue weighted by Crippen LogP contribution is -2.49. The van der Waals surface area contributed by atoms with Crippen LogP contribution in [0.3, 0.4) is 0 Å². The number of nitrogens with zero attached hydrogens (tertiary/aromatic N) is 1.